The second-order valence-corrected chi connectivity index (χ2v) is 8.10. The molecule has 2 aliphatic heterocycles. The molecule has 2 heterocycles. The van der Waals surface area contributed by atoms with Crippen LogP contribution in [0.4, 0.5) is 17.6 Å². The van der Waals surface area contributed by atoms with Crippen LogP contribution in [0.5, 0.6) is 0 Å². The summed E-state index contributed by atoms with van der Waals surface area (Å²) in [5.41, 5.74) is -3.25. The molecule has 146 valence electrons. The van der Waals surface area contributed by atoms with E-state index in [2.05, 4.69) is 16.9 Å². The maximum atomic E-state index is 14.3. The van der Waals surface area contributed by atoms with Crippen molar-refractivity contribution >= 4 is 21.8 Å². The number of amidine groups is 1. The van der Waals surface area contributed by atoms with Crippen molar-refractivity contribution in [3.8, 4) is 0 Å². The minimum Gasteiger partial charge on any atom is -0.308 e. The summed E-state index contributed by atoms with van der Waals surface area (Å²) in [4.78, 5) is 16.6. The lowest BCUT2D eigenvalue weighted by molar-refractivity contribution is -0.140. The van der Waals surface area contributed by atoms with Gasteiger partial charge in [-0.15, -0.1) is 0 Å². The molecule has 1 aromatic rings. The van der Waals surface area contributed by atoms with Crippen molar-refractivity contribution in [2.75, 3.05) is 13.1 Å². The largest absolute Gasteiger partial charge is 0.419 e. The lowest BCUT2D eigenvalue weighted by Crippen LogP contribution is -2.50. The van der Waals surface area contributed by atoms with Gasteiger partial charge in [-0.25, -0.2) is 12.8 Å². The third kappa shape index (κ3) is 3.36. The van der Waals surface area contributed by atoms with Gasteiger partial charge in [0.15, 0.2) is 0 Å². The van der Waals surface area contributed by atoms with Gasteiger partial charge in [0.2, 0.25) is 10.0 Å². The van der Waals surface area contributed by atoms with E-state index in [1.54, 1.807) is 0 Å². The normalized spacial score (nSPS) is 20.4. The number of halogens is 4. The quantitative estimate of drug-likeness (QED) is 0.782. The van der Waals surface area contributed by atoms with Crippen LogP contribution < -0.4 is 5.32 Å². The Morgan fingerprint density at radius 2 is 1.89 bits per heavy atom. The van der Waals surface area contributed by atoms with Gasteiger partial charge in [0.25, 0.3) is 5.91 Å². The highest BCUT2D eigenvalue weighted by atomic mass is 32.2. The van der Waals surface area contributed by atoms with Crippen LogP contribution >= 0.6 is 0 Å². The first-order chi connectivity index (χ1) is 12.5. The molecule has 0 radical (unpaired) electrons. The summed E-state index contributed by atoms with van der Waals surface area (Å²) in [5.74, 6) is -2.40. The van der Waals surface area contributed by atoms with Crippen LogP contribution in [0.15, 0.2) is 35.2 Å². The first-order valence-corrected chi connectivity index (χ1v) is 9.40. The Morgan fingerprint density at radius 3 is 2.44 bits per heavy atom. The van der Waals surface area contributed by atoms with E-state index < -0.39 is 44.6 Å². The fourth-order valence-corrected chi connectivity index (χ4v) is 4.04. The summed E-state index contributed by atoms with van der Waals surface area (Å²) < 4.78 is 77.8. The average Bonchev–Trinajstić information content (AvgIpc) is 2.90. The maximum Gasteiger partial charge on any atom is 0.419 e. The van der Waals surface area contributed by atoms with Crippen LogP contribution in [0, 0.1) is 5.82 Å². The van der Waals surface area contributed by atoms with Gasteiger partial charge in [-0.05, 0) is 25.0 Å². The van der Waals surface area contributed by atoms with Crippen molar-refractivity contribution in [2.45, 2.75) is 24.6 Å². The molecule has 1 aromatic carbocycles. The van der Waals surface area contributed by atoms with Gasteiger partial charge in [0, 0.05) is 18.5 Å². The van der Waals surface area contributed by atoms with E-state index >= 15 is 0 Å². The van der Waals surface area contributed by atoms with E-state index in [1.807, 2.05) is 0 Å². The SMILES string of the molecule is C=CS(=O)(=O)N1CCC2(CC1)N=C(c1cccc(C(F)(F)F)c1F)NC2=O. The van der Waals surface area contributed by atoms with Crippen molar-refractivity contribution in [2.24, 2.45) is 4.99 Å². The lowest BCUT2D eigenvalue weighted by atomic mass is 9.89. The summed E-state index contributed by atoms with van der Waals surface area (Å²) >= 11 is 0. The molecule has 0 atom stereocenters. The zero-order chi connectivity index (χ0) is 20.0. The molecule has 11 heteroatoms. The number of carbonyl (C=O) groups is 1. The molecular weight excluding hydrogens is 390 g/mol. The predicted octanol–water partition coefficient (Wildman–Crippen LogP) is 2.03. The van der Waals surface area contributed by atoms with Gasteiger partial charge in [0.05, 0.1) is 11.1 Å². The fourth-order valence-electron chi connectivity index (χ4n) is 3.13. The smallest absolute Gasteiger partial charge is 0.308 e. The van der Waals surface area contributed by atoms with Crippen molar-refractivity contribution in [1.29, 1.82) is 0 Å². The number of aliphatic imine (C=N–C) groups is 1. The topological polar surface area (TPSA) is 78.8 Å². The third-order valence-electron chi connectivity index (χ3n) is 4.66. The lowest BCUT2D eigenvalue weighted by Gasteiger charge is -2.33. The molecule has 1 amide bonds. The average molecular weight is 405 g/mol. The third-order valence-corrected chi connectivity index (χ3v) is 6.17. The highest BCUT2D eigenvalue weighted by Gasteiger charge is 2.48. The molecule has 1 fully saturated rings. The number of piperidine rings is 1. The number of amides is 1. The zero-order valence-corrected chi connectivity index (χ0v) is 14.7. The van der Waals surface area contributed by atoms with Gasteiger partial charge in [-0.1, -0.05) is 12.6 Å². The number of hydrogen-bond acceptors (Lipinski definition) is 4. The van der Waals surface area contributed by atoms with E-state index in [9.17, 15) is 30.8 Å². The summed E-state index contributed by atoms with van der Waals surface area (Å²) in [6.45, 7) is 3.21. The van der Waals surface area contributed by atoms with Gasteiger partial charge in [0.1, 0.15) is 17.2 Å². The van der Waals surface area contributed by atoms with Crippen molar-refractivity contribution in [1.82, 2.24) is 9.62 Å². The molecule has 1 N–H and O–H groups in total. The highest BCUT2D eigenvalue weighted by molar-refractivity contribution is 7.92. The molecule has 2 aliphatic rings. The molecule has 1 saturated heterocycles. The van der Waals surface area contributed by atoms with Crippen LogP contribution in [0.3, 0.4) is 0 Å². The predicted molar refractivity (Wildman–Crippen MR) is 88.7 cm³/mol. The minimum absolute atomic E-state index is 0.0103. The van der Waals surface area contributed by atoms with Crippen LogP contribution in [0.1, 0.15) is 24.0 Å². The molecule has 0 bridgehead atoms. The second kappa shape index (κ2) is 6.41. The van der Waals surface area contributed by atoms with Crippen molar-refractivity contribution < 1.29 is 30.8 Å². The summed E-state index contributed by atoms with van der Waals surface area (Å²) in [6, 6.07) is 2.73. The molecule has 3 rings (SSSR count). The number of nitrogens with zero attached hydrogens (tertiary/aromatic N) is 2. The van der Waals surface area contributed by atoms with E-state index in [-0.39, 0.29) is 31.8 Å². The Kier molecular flexibility index (Phi) is 4.63. The van der Waals surface area contributed by atoms with Crippen LogP contribution in [0.2, 0.25) is 0 Å². The second-order valence-electron chi connectivity index (χ2n) is 6.22. The summed E-state index contributed by atoms with van der Waals surface area (Å²) in [5, 5.41) is 3.13. The minimum atomic E-state index is -4.88. The Hall–Kier alpha value is -2.27. The van der Waals surface area contributed by atoms with Crippen molar-refractivity contribution in [3.63, 3.8) is 0 Å². The van der Waals surface area contributed by atoms with E-state index in [1.165, 1.54) is 0 Å². The molecule has 0 unspecified atom stereocenters. The molecule has 1 spiro atoms. The Balaban J connectivity index is 1.92. The van der Waals surface area contributed by atoms with Gasteiger partial charge < -0.3 is 5.32 Å². The van der Waals surface area contributed by atoms with E-state index in [0.717, 1.165) is 21.8 Å². The number of sulfonamides is 1. The van der Waals surface area contributed by atoms with Crippen LogP contribution in [-0.2, 0) is 21.0 Å². The molecule has 0 aliphatic carbocycles. The van der Waals surface area contributed by atoms with Crippen LogP contribution in [-0.4, -0.2) is 43.1 Å². The first kappa shape index (κ1) is 19.5. The number of rotatable bonds is 3. The standard InChI is InChI=1S/C16H15F4N3O3S/c1-2-27(25,26)23-8-6-15(7-9-23)14(24)21-13(22-15)10-4-3-5-11(12(10)17)16(18,19)20/h2-5H,1,6-9H2,(H,21,22,24). The number of benzene rings is 1. The molecular formula is C16H15F4N3O3S. The number of alkyl halides is 3. The zero-order valence-electron chi connectivity index (χ0n) is 13.9. The molecule has 0 aromatic heterocycles. The molecule has 0 saturated carbocycles. The number of carbonyl (C=O) groups excluding carboxylic acids is 1. The van der Waals surface area contributed by atoms with E-state index in [0.29, 0.717) is 6.07 Å². The van der Waals surface area contributed by atoms with Crippen molar-refractivity contribution in [3.05, 3.63) is 47.1 Å². The summed E-state index contributed by atoms with van der Waals surface area (Å²) in [7, 11) is -3.65. The van der Waals surface area contributed by atoms with Gasteiger partial charge >= 0.3 is 6.18 Å². The Bertz CT molecular complexity index is 933. The van der Waals surface area contributed by atoms with Gasteiger partial charge in [-0.2, -0.15) is 17.5 Å². The highest BCUT2D eigenvalue weighted by Crippen LogP contribution is 2.35. The van der Waals surface area contributed by atoms with E-state index in [4.69, 9.17) is 0 Å². The maximum absolute atomic E-state index is 14.3. The van der Waals surface area contributed by atoms with Crippen LogP contribution in [0.25, 0.3) is 0 Å². The Morgan fingerprint density at radius 1 is 1.26 bits per heavy atom. The molecule has 27 heavy (non-hydrogen) atoms. The molecule has 6 nitrogen and oxygen atoms in total. The fraction of sp³-hybridized carbons (Fsp3) is 0.375. The number of hydrogen-bond donors (Lipinski definition) is 1. The summed E-state index contributed by atoms with van der Waals surface area (Å²) in [6.07, 6.45) is -4.84. The first-order valence-electron chi connectivity index (χ1n) is 7.90. The van der Waals surface area contributed by atoms with Gasteiger partial charge in [-0.3, -0.25) is 9.79 Å². The monoisotopic (exact) mass is 405 g/mol. The number of nitrogens with one attached hydrogen (secondary N) is 1. The Labute approximate surface area is 152 Å².